The van der Waals surface area contributed by atoms with E-state index in [0.717, 1.165) is 31.3 Å². The van der Waals surface area contributed by atoms with Crippen molar-refractivity contribution in [3.05, 3.63) is 0 Å². The summed E-state index contributed by atoms with van der Waals surface area (Å²) >= 11 is 1.96. The molecular weight excluding hydrogens is 189 g/mol. The Bertz CT molecular complexity index is 163. The van der Waals surface area contributed by atoms with Gasteiger partial charge in [0.2, 0.25) is 0 Å². The minimum absolute atomic E-state index is 0.928. The third-order valence-corrected chi connectivity index (χ3v) is 3.03. The van der Waals surface area contributed by atoms with E-state index in [0.29, 0.717) is 0 Å². The molecule has 0 aromatic rings. The van der Waals surface area contributed by atoms with Gasteiger partial charge >= 0.3 is 0 Å². The molecule has 0 saturated heterocycles. The number of rotatable bonds is 1. The predicted molar refractivity (Wildman–Crippen MR) is 59.7 cm³/mol. The SMILES string of the molecule is CCNC1=NCCSCCN1P. The summed E-state index contributed by atoms with van der Waals surface area (Å²) < 4.78 is 2.11. The lowest BCUT2D eigenvalue weighted by Gasteiger charge is -2.23. The average molecular weight is 205 g/mol. The van der Waals surface area contributed by atoms with Crippen LogP contribution in [0, 0.1) is 0 Å². The zero-order chi connectivity index (χ0) is 8.81. The smallest absolute Gasteiger partial charge is 0.196 e. The quantitative estimate of drug-likeness (QED) is 0.641. The van der Waals surface area contributed by atoms with Crippen LogP contribution in [-0.4, -0.2) is 41.8 Å². The molecule has 1 N–H and O–H groups in total. The first-order valence-electron chi connectivity index (χ1n) is 4.23. The number of guanidine groups is 1. The summed E-state index contributed by atoms with van der Waals surface area (Å²) in [6.45, 7) is 5.02. The molecule has 1 unspecified atom stereocenters. The second kappa shape index (κ2) is 5.65. The van der Waals surface area contributed by atoms with Gasteiger partial charge in [-0.1, -0.05) is 0 Å². The molecular formula is C7H16N3PS. The number of hydrogen-bond donors (Lipinski definition) is 1. The Morgan fingerprint density at radius 2 is 2.50 bits per heavy atom. The first-order valence-corrected chi connectivity index (χ1v) is 5.90. The van der Waals surface area contributed by atoms with Crippen LogP contribution in [0.2, 0.25) is 0 Å². The van der Waals surface area contributed by atoms with Gasteiger partial charge in [-0.3, -0.25) is 4.99 Å². The van der Waals surface area contributed by atoms with E-state index < -0.39 is 0 Å². The molecule has 1 heterocycles. The molecule has 0 aliphatic carbocycles. The van der Waals surface area contributed by atoms with Crippen LogP contribution in [0.4, 0.5) is 0 Å². The molecule has 0 bridgehead atoms. The van der Waals surface area contributed by atoms with E-state index >= 15 is 0 Å². The van der Waals surface area contributed by atoms with Crippen molar-refractivity contribution in [2.75, 3.05) is 31.1 Å². The van der Waals surface area contributed by atoms with Gasteiger partial charge in [-0.25, -0.2) is 0 Å². The van der Waals surface area contributed by atoms with Crippen LogP contribution in [0.1, 0.15) is 6.92 Å². The lowest BCUT2D eigenvalue weighted by Crippen LogP contribution is -2.37. The van der Waals surface area contributed by atoms with E-state index in [1.807, 2.05) is 11.8 Å². The second-order valence-corrected chi connectivity index (χ2v) is 4.39. The van der Waals surface area contributed by atoms with Gasteiger partial charge in [0.25, 0.3) is 0 Å². The highest BCUT2D eigenvalue weighted by molar-refractivity contribution is 7.99. The number of nitrogens with one attached hydrogen (secondary N) is 1. The van der Waals surface area contributed by atoms with Crippen molar-refractivity contribution in [3.8, 4) is 0 Å². The summed E-state index contributed by atoms with van der Waals surface area (Å²) in [4.78, 5) is 4.44. The third-order valence-electron chi connectivity index (χ3n) is 1.58. The van der Waals surface area contributed by atoms with Crippen molar-refractivity contribution in [1.29, 1.82) is 0 Å². The van der Waals surface area contributed by atoms with Crippen molar-refractivity contribution in [2.45, 2.75) is 6.92 Å². The fraction of sp³-hybridized carbons (Fsp3) is 0.857. The first kappa shape index (κ1) is 10.1. The first-order chi connectivity index (χ1) is 5.84. The Hall–Kier alpha value is 0.0500. The Morgan fingerprint density at radius 3 is 3.25 bits per heavy atom. The molecule has 1 atom stereocenters. The van der Waals surface area contributed by atoms with E-state index in [1.165, 1.54) is 5.75 Å². The fourth-order valence-corrected chi connectivity index (χ4v) is 2.23. The van der Waals surface area contributed by atoms with E-state index in [1.54, 1.807) is 0 Å². The van der Waals surface area contributed by atoms with Crippen molar-refractivity contribution in [1.82, 2.24) is 9.99 Å². The number of hydrogen-bond acceptors (Lipinski definition) is 4. The van der Waals surface area contributed by atoms with Crippen LogP contribution in [0.5, 0.6) is 0 Å². The summed E-state index contributed by atoms with van der Waals surface area (Å²) in [6.07, 6.45) is 0. The second-order valence-electron chi connectivity index (χ2n) is 2.54. The van der Waals surface area contributed by atoms with Gasteiger partial charge < -0.3 is 9.99 Å². The monoisotopic (exact) mass is 205 g/mol. The van der Waals surface area contributed by atoms with E-state index in [2.05, 4.69) is 31.3 Å². The predicted octanol–water partition coefficient (Wildman–Crippen LogP) is 0.791. The van der Waals surface area contributed by atoms with Crippen molar-refractivity contribution in [2.24, 2.45) is 4.99 Å². The van der Waals surface area contributed by atoms with Gasteiger partial charge in [-0.2, -0.15) is 11.8 Å². The zero-order valence-corrected chi connectivity index (χ0v) is 9.39. The van der Waals surface area contributed by atoms with Gasteiger partial charge in [-0.15, -0.1) is 0 Å². The Balaban J connectivity index is 2.49. The molecule has 1 rings (SSSR count). The molecule has 0 saturated carbocycles. The van der Waals surface area contributed by atoms with Crippen LogP contribution in [0.15, 0.2) is 4.99 Å². The van der Waals surface area contributed by atoms with Crippen LogP contribution in [0.25, 0.3) is 0 Å². The minimum atomic E-state index is 0.928. The highest BCUT2D eigenvalue weighted by Gasteiger charge is 2.06. The molecule has 0 amide bonds. The van der Waals surface area contributed by atoms with Crippen molar-refractivity contribution < 1.29 is 0 Å². The van der Waals surface area contributed by atoms with E-state index in [-0.39, 0.29) is 0 Å². The molecule has 12 heavy (non-hydrogen) atoms. The largest absolute Gasteiger partial charge is 0.356 e. The Morgan fingerprint density at radius 1 is 1.67 bits per heavy atom. The fourth-order valence-electron chi connectivity index (χ4n) is 0.993. The normalized spacial score (nSPS) is 19.5. The summed E-state index contributed by atoms with van der Waals surface area (Å²) in [5.74, 6) is 3.35. The minimum Gasteiger partial charge on any atom is -0.356 e. The van der Waals surface area contributed by atoms with Gasteiger partial charge in [0, 0.05) is 24.6 Å². The van der Waals surface area contributed by atoms with Crippen molar-refractivity contribution in [3.63, 3.8) is 0 Å². The van der Waals surface area contributed by atoms with Crippen LogP contribution < -0.4 is 5.32 Å². The van der Waals surface area contributed by atoms with Gasteiger partial charge in [-0.05, 0) is 16.3 Å². The van der Waals surface area contributed by atoms with Crippen LogP contribution in [-0.2, 0) is 0 Å². The van der Waals surface area contributed by atoms with Gasteiger partial charge in [0.15, 0.2) is 5.96 Å². The summed E-state index contributed by atoms with van der Waals surface area (Å²) in [5.41, 5.74) is 0. The number of aliphatic imine (C=N–C) groups is 1. The molecule has 0 aromatic heterocycles. The van der Waals surface area contributed by atoms with Gasteiger partial charge in [0.1, 0.15) is 0 Å². The van der Waals surface area contributed by atoms with E-state index in [9.17, 15) is 0 Å². The van der Waals surface area contributed by atoms with Crippen molar-refractivity contribution >= 4 is 27.1 Å². The van der Waals surface area contributed by atoms with Crippen LogP contribution in [0.3, 0.4) is 0 Å². The molecule has 70 valence electrons. The van der Waals surface area contributed by atoms with Crippen LogP contribution >= 0.6 is 21.2 Å². The molecule has 0 spiro atoms. The average Bonchev–Trinajstić information content (AvgIpc) is 2.05. The summed E-state index contributed by atoms with van der Waals surface area (Å²) in [5, 5.41) is 3.25. The molecule has 0 aromatic carbocycles. The standard InChI is InChI=1S/C7H16N3PS/c1-2-8-7-9-3-5-12-6-4-10(7)11/h2-6,11H2,1H3,(H,8,9). The molecule has 0 fully saturated rings. The lowest BCUT2D eigenvalue weighted by molar-refractivity contribution is 0.668. The molecule has 1 aliphatic rings. The molecule has 5 heteroatoms. The van der Waals surface area contributed by atoms with E-state index in [4.69, 9.17) is 0 Å². The maximum absolute atomic E-state index is 4.44. The highest BCUT2D eigenvalue weighted by Crippen LogP contribution is 2.08. The maximum Gasteiger partial charge on any atom is 0.196 e. The Kier molecular flexibility index (Phi) is 4.77. The third kappa shape index (κ3) is 3.20. The highest BCUT2D eigenvalue weighted by atomic mass is 32.2. The maximum atomic E-state index is 4.44. The number of thioether (sulfide) groups is 1. The lowest BCUT2D eigenvalue weighted by atomic mass is 10.6. The Labute approximate surface area is 80.6 Å². The summed E-state index contributed by atoms with van der Waals surface area (Å²) in [7, 11) is 2.70. The molecule has 3 nitrogen and oxygen atoms in total. The summed E-state index contributed by atoms with van der Waals surface area (Å²) in [6, 6.07) is 0. The van der Waals surface area contributed by atoms with Gasteiger partial charge in [0.05, 0.1) is 6.54 Å². The number of nitrogens with zero attached hydrogens (tertiary/aromatic N) is 2. The molecule has 1 aliphatic heterocycles. The topological polar surface area (TPSA) is 27.6 Å². The molecule has 0 radical (unpaired) electrons. The zero-order valence-electron chi connectivity index (χ0n) is 7.42.